The zero-order chi connectivity index (χ0) is 31.4. The molecule has 224 valence electrons. The number of amidine groups is 1. The van der Waals surface area contributed by atoms with E-state index in [0.717, 1.165) is 10.9 Å². The van der Waals surface area contributed by atoms with Gasteiger partial charge in [-0.05, 0) is 53.4 Å². The van der Waals surface area contributed by atoms with Gasteiger partial charge in [-0.15, -0.1) is 0 Å². The highest BCUT2D eigenvalue weighted by Gasteiger charge is 2.30. The fourth-order valence-electron chi connectivity index (χ4n) is 4.89. The molecule has 0 aliphatic carbocycles. The Labute approximate surface area is 260 Å². The normalized spacial score (nSPS) is 13.6. The molecule has 11 nitrogen and oxygen atoms in total. The molecule has 14 heteroatoms. The van der Waals surface area contributed by atoms with Crippen molar-refractivity contribution < 1.29 is 23.9 Å². The third-order valence-electron chi connectivity index (χ3n) is 7.15. The number of benzene rings is 3. The van der Waals surface area contributed by atoms with Gasteiger partial charge in [0.15, 0.2) is 5.84 Å². The van der Waals surface area contributed by atoms with Crippen molar-refractivity contribution in [3.63, 3.8) is 0 Å². The average molecular weight is 636 g/mol. The number of amides is 2. The standard InChI is InChI=1S/C30H24Cl2FN7O4/c1-34-39-25(10-16-2-6-20(33)7-3-16)35-14-24(30(43)44)37-28(41)26-22(31)11-19-15-40(9-8-21(19)27(26)32)29(42)17-4-5-18-13-36-38-23(18)12-17/h2-7,11-13,24H,8-10,14-15H2,(H,35,39)(H,36,38)(H,37,41)(H,43,44)/t24-/m0/s1. The van der Waals surface area contributed by atoms with Crippen LogP contribution >= 0.6 is 23.2 Å². The van der Waals surface area contributed by atoms with Crippen molar-refractivity contribution in [2.24, 2.45) is 4.99 Å². The molecule has 1 aromatic heterocycles. The van der Waals surface area contributed by atoms with E-state index in [1.165, 1.54) is 24.3 Å². The molecule has 3 aromatic carbocycles. The van der Waals surface area contributed by atoms with Gasteiger partial charge in [-0.1, -0.05) is 46.8 Å². The van der Waals surface area contributed by atoms with Crippen LogP contribution in [0.2, 0.25) is 10.0 Å². The summed E-state index contributed by atoms with van der Waals surface area (Å²) in [7, 11) is 0. The largest absolute Gasteiger partial charge is 0.480 e. The number of rotatable bonds is 8. The Balaban J connectivity index is 1.30. The van der Waals surface area contributed by atoms with E-state index in [0.29, 0.717) is 35.2 Å². The predicted molar refractivity (Wildman–Crippen MR) is 162 cm³/mol. The van der Waals surface area contributed by atoms with E-state index in [1.807, 2.05) is 6.07 Å². The van der Waals surface area contributed by atoms with Gasteiger partial charge in [-0.3, -0.25) is 19.7 Å². The third-order valence-corrected chi connectivity index (χ3v) is 7.86. The molecule has 0 saturated carbocycles. The van der Waals surface area contributed by atoms with Crippen LogP contribution in [0.15, 0.2) is 59.7 Å². The predicted octanol–water partition coefficient (Wildman–Crippen LogP) is 4.46. The molecule has 1 atom stereocenters. The number of nitrogens with one attached hydrogen (secondary N) is 3. The summed E-state index contributed by atoms with van der Waals surface area (Å²) in [5.74, 6) is -2.64. The molecule has 5 rings (SSSR count). The summed E-state index contributed by atoms with van der Waals surface area (Å²) >= 11 is 13.1. The van der Waals surface area contributed by atoms with Gasteiger partial charge in [0.05, 0.1) is 33.9 Å². The van der Waals surface area contributed by atoms with Gasteiger partial charge in [-0.2, -0.15) is 16.6 Å². The van der Waals surface area contributed by atoms with Gasteiger partial charge in [0.1, 0.15) is 11.9 Å². The van der Waals surface area contributed by atoms with Crippen LogP contribution in [-0.2, 0) is 24.2 Å². The minimum Gasteiger partial charge on any atom is -0.480 e. The summed E-state index contributed by atoms with van der Waals surface area (Å²) in [5.41, 5.74) is 5.48. The molecule has 4 N–H and O–H groups in total. The number of hydrogen-bond donors (Lipinski definition) is 4. The molecular weight excluding hydrogens is 612 g/mol. The zero-order valence-corrected chi connectivity index (χ0v) is 24.4. The quantitative estimate of drug-likeness (QED) is 0.0974. The number of aliphatic carboxylic acids is 1. The summed E-state index contributed by atoms with van der Waals surface area (Å²) < 4.78 is 13.2. The molecule has 0 saturated heterocycles. The number of halogens is 3. The maximum absolute atomic E-state index is 13.3. The molecule has 44 heavy (non-hydrogen) atoms. The first kappa shape index (κ1) is 30.5. The van der Waals surface area contributed by atoms with E-state index in [9.17, 15) is 23.9 Å². The first-order valence-corrected chi connectivity index (χ1v) is 14.1. The van der Waals surface area contributed by atoms with Crippen LogP contribution < -0.4 is 10.7 Å². The Morgan fingerprint density at radius 2 is 1.95 bits per heavy atom. The second-order valence-electron chi connectivity index (χ2n) is 10.0. The van der Waals surface area contributed by atoms with Gasteiger partial charge in [0.25, 0.3) is 11.8 Å². The lowest BCUT2D eigenvalue weighted by Crippen LogP contribution is -2.44. The van der Waals surface area contributed by atoms with Gasteiger partial charge >= 0.3 is 5.97 Å². The number of H-pyrrole nitrogens is 1. The lowest BCUT2D eigenvalue weighted by molar-refractivity contribution is -0.138. The maximum atomic E-state index is 13.3. The van der Waals surface area contributed by atoms with Crippen LogP contribution in [0.4, 0.5) is 4.39 Å². The smallest absolute Gasteiger partial charge is 0.328 e. The number of aliphatic imine (C=N–C) groups is 1. The number of fused-ring (bicyclic) bond motifs is 2. The van der Waals surface area contributed by atoms with Crippen LogP contribution in [0.25, 0.3) is 15.9 Å². The van der Waals surface area contributed by atoms with Gasteiger partial charge < -0.3 is 15.3 Å². The summed E-state index contributed by atoms with van der Waals surface area (Å²) in [6.45, 7) is 7.24. The SMILES string of the molecule is [C-]#[N+]NC(Cc1ccc(F)cc1)=NC[C@H](NC(=O)c1c(Cl)cc2c(c1Cl)CCN(C(=O)c1ccc3cn[nH]c3c1)C2)C(=O)O. The Bertz CT molecular complexity index is 1840. The number of carboxylic acid groups (broad SMARTS) is 1. The van der Waals surface area contributed by atoms with E-state index in [-0.39, 0.29) is 40.3 Å². The number of carboxylic acids is 1. The third kappa shape index (κ3) is 6.64. The van der Waals surface area contributed by atoms with Crippen molar-refractivity contribution in [1.82, 2.24) is 25.8 Å². The van der Waals surface area contributed by atoms with Crippen LogP contribution in [0.5, 0.6) is 0 Å². The van der Waals surface area contributed by atoms with Crippen molar-refractivity contribution >= 4 is 57.7 Å². The Hall–Kier alpha value is -4.99. The molecule has 0 fully saturated rings. The number of aromatic amines is 1. The topological polar surface area (TPSA) is 144 Å². The highest BCUT2D eigenvalue weighted by Crippen LogP contribution is 2.35. The maximum Gasteiger partial charge on any atom is 0.328 e. The summed E-state index contributed by atoms with van der Waals surface area (Å²) in [6.07, 6.45) is 2.14. The fourth-order valence-corrected chi connectivity index (χ4v) is 5.66. The second-order valence-corrected chi connectivity index (χ2v) is 10.8. The molecule has 0 bridgehead atoms. The van der Waals surface area contributed by atoms with Crippen molar-refractivity contribution in [3.05, 3.63) is 110 Å². The van der Waals surface area contributed by atoms with Crippen LogP contribution in [-0.4, -0.2) is 63.0 Å². The minimum atomic E-state index is -1.47. The van der Waals surface area contributed by atoms with Gasteiger partial charge in [0.2, 0.25) is 0 Å². The zero-order valence-electron chi connectivity index (χ0n) is 22.9. The molecule has 1 aliphatic rings. The molecule has 2 amide bonds. The summed E-state index contributed by atoms with van der Waals surface area (Å²) in [5, 5.41) is 20.0. The Kier molecular flexibility index (Phi) is 9.08. The molecule has 4 aromatic rings. The van der Waals surface area contributed by atoms with E-state index in [2.05, 4.69) is 30.9 Å². The van der Waals surface area contributed by atoms with E-state index in [4.69, 9.17) is 29.8 Å². The van der Waals surface area contributed by atoms with Crippen molar-refractivity contribution in [2.75, 3.05) is 13.1 Å². The number of carbonyl (C=O) groups is 3. The highest BCUT2D eigenvalue weighted by atomic mass is 35.5. The molecule has 0 unspecified atom stereocenters. The molecular formula is C30H24Cl2FN7O4. The van der Waals surface area contributed by atoms with E-state index < -0.39 is 30.3 Å². The van der Waals surface area contributed by atoms with Crippen LogP contribution in [0.1, 0.15) is 37.4 Å². The number of hydrogen-bond acceptors (Lipinski definition) is 5. The Morgan fingerprint density at radius 3 is 2.68 bits per heavy atom. The number of nitrogens with zero attached hydrogens (tertiary/aromatic N) is 4. The summed E-state index contributed by atoms with van der Waals surface area (Å²) in [6, 6.07) is 10.9. The molecule has 0 radical (unpaired) electrons. The summed E-state index contributed by atoms with van der Waals surface area (Å²) in [4.78, 5) is 47.4. The fraction of sp³-hybridized carbons (Fsp3) is 0.200. The Morgan fingerprint density at radius 1 is 1.18 bits per heavy atom. The van der Waals surface area contributed by atoms with Crippen molar-refractivity contribution in [1.29, 1.82) is 0 Å². The number of aromatic nitrogens is 2. The van der Waals surface area contributed by atoms with E-state index in [1.54, 1.807) is 29.3 Å². The molecule has 1 aliphatic heterocycles. The first-order chi connectivity index (χ1) is 21.1. The van der Waals surface area contributed by atoms with Crippen LogP contribution in [0.3, 0.4) is 0 Å². The molecule has 0 spiro atoms. The second kappa shape index (κ2) is 13.1. The lowest BCUT2D eigenvalue weighted by atomic mass is 9.96. The van der Waals surface area contributed by atoms with Crippen molar-refractivity contribution in [3.8, 4) is 0 Å². The minimum absolute atomic E-state index is 0.00117. The van der Waals surface area contributed by atoms with Gasteiger partial charge in [-0.25, -0.2) is 9.18 Å². The number of carbonyl (C=O) groups excluding carboxylic acids is 2. The average Bonchev–Trinajstić information content (AvgIpc) is 3.47. The lowest BCUT2D eigenvalue weighted by Gasteiger charge is -2.30. The molecule has 2 heterocycles. The van der Waals surface area contributed by atoms with Crippen LogP contribution in [0, 0.1) is 12.4 Å². The first-order valence-electron chi connectivity index (χ1n) is 13.3. The van der Waals surface area contributed by atoms with E-state index >= 15 is 0 Å². The monoisotopic (exact) mass is 635 g/mol. The van der Waals surface area contributed by atoms with Crippen molar-refractivity contribution in [2.45, 2.75) is 25.4 Å². The highest BCUT2D eigenvalue weighted by molar-refractivity contribution is 6.40. The van der Waals surface area contributed by atoms with Gasteiger partial charge in [0, 0.05) is 30.5 Å².